The number of piperazine rings is 1. The van der Waals surface area contributed by atoms with Gasteiger partial charge in [-0.3, -0.25) is 9.88 Å². The minimum Gasteiger partial charge on any atom is -0.491 e. The number of rotatable bonds is 6. The number of ether oxygens (including phenoxy) is 1. The zero-order chi connectivity index (χ0) is 20.4. The monoisotopic (exact) mass is 437 g/mol. The fourth-order valence-corrected chi connectivity index (χ4v) is 3.72. The van der Waals surface area contributed by atoms with Crippen molar-refractivity contribution in [3.8, 4) is 5.75 Å². The van der Waals surface area contributed by atoms with Crippen molar-refractivity contribution < 1.29 is 14.3 Å². The Labute approximate surface area is 177 Å². The molecule has 1 fully saturated rings. The molecule has 1 saturated heterocycles. The highest BCUT2D eigenvalue weighted by atomic mass is 35.5. The van der Waals surface area contributed by atoms with E-state index in [1.54, 1.807) is 18.2 Å². The number of nitrogens with one attached hydrogen (secondary N) is 1. The molecule has 3 aromatic rings. The second-order valence-corrected chi connectivity index (χ2v) is 7.84. The van der Waals surface area contributed by atoms with Crippen LogP contribution in [0.4, 0.5) is 5.69 Å². The second kappa shape index (κ2) is 8.67. The van der Waals surface area contributed by atoms with E-state index in [1.807, 2.05) is 18.2 Å². The molecule has 29 heavy (non-hydrogen) atoms. The second-order valence-electron chi connectivity index (χ2n) is 7.02. The van der Waals surface area contributed by atoms with Crippen LogP contribution in [0.1, 0.15) is 0 Å². The highest BCUT2D eigenvalue weighted by Gasteiger charge is 2.20. The number of nitrogens with zero attached hydrogens (tertiary/aromatic N) is 2. The third kappa shape index (κ3) is 4.87. The summed E-state index contributed by atoms with van der Waals surface area (Å²) in [7, 11) is 0. The summed E-state index contributed by atoms with van der Waals surface area (Å²) in [6, 6.07) is 10.7. The Kier molecular flexibility index (Phi) is 6.01. The van der Waals surface area contributed by atoms with Gasteiger partial charge >= 0.3 is 5.76 Å². The Balaban J connectivity index is 1.25. The van der Waals surface area contributed by atoms with E-state index in [-0.39, 0.29) is 6.61 Å². The lowest BCUT2D eigenvalue weighted by Crippen LogP contribution is -2.49. The van der Waals surface area contributed by atoms with Crippen LogP contribution in [0.5, 0.6) is 5.75 Å². The van der Waals surface area contributed by atoms with Gasteiger partial charge in [-0.05, 0) is 30.3 Å². The molecule has 2 heterocycles. The molecular weight excluding hydrogens is 417 g/mol. The van der Waals surface area contributed by atoms with E-state index >= 15 is 0 Å². The van der Waals surface area contributed by atoms with Crippen molar-refractivity contribution in [2.75, 3.05) is 44.2 Å². The van der Waals surface area contributed by atoms with Gasteiger partial charge < -0.3 is 19.2 Å². The lowest BCUT2D eigenvalue weighted by Gasteiger charge is -2.37. The first-order valence-corrected chi connectivity index (χ1v) is 10.1. The smallest absolute Gasteiger partial charge is 0.417 e. The number of hydrogen-bond donors (Lipinski definition) is 2. The van der Waals surface area contributed by atoms with Crippen LogP contribution < -0.4 is 15.4 Å². The Morgan fingerprint density at radius 3 is 2.66 bits per heavy atom. The maximum Gasteiger partial charge on any atom is 0.417 e. The minimum atomic E-state index is -0.625. The molecule has 9 heteroatoms. The van der Waals surface area contributed by atoms with Crippen molar-refractivity contribution >= 4 is 40.0 Å². The van der Waals surface area contributed by atoms with Crippen LogP contribution in [0.15, 0.2) is 45.6 Å². The summed E-state index contributed by atoms with van der Waals surface area (Å²) in [6.07, 6.45) is -0.625. The lowest BCUT2D eigenvalue weighted by molar-refractivity contribution is 0.0663. The number of fused-ring (bicyclic) bond motifs is 1. The molecule has 0 spiro atoms. The predicted molar refractivity (Wildman–Crippen MR) is 113 cm³/mol. The van der Waals surface area contributed by atoms with Crippen molar-refractivity contribution in [3.05, 3.63) is 57.0 Å². The highest BCUT2D eigenvalue weighted by molar-refractivity contribution is 6.42. The van der Waals surface area contributed by atoms with Gasteiger partial charge in [0, 0.05) is 44.5 Å². The third-order valence-corrected chi connectivity index (χ3v) is 5.68. The molecule has 1 aromatic heterocycles. The predicted octanol–water partition coefficient (Wildman–Crippen LogP) is 2.99. The largest absolute Gasteiger partial charge is 0.491 e. The van der Waals surface area contributed by atoms with E-state index in [9.17, 15) is 9.90 Å². The van der Waals surface area contributed by atoms with Gasteiger partial charge in [0.15, 0.2) is 5.58 Å². The summed E-state index contributed by atoms with van der Waals surface area (Å²) in [5.41, 5.74) is 2.10. The van der Waals surface area contributed by atoms with Gasteiger partial charge in [0.05, 0.1) is 15.6 Å². The van der Waals surface area contributed by atoms with E-state index in [2.05, 4.69) is 14.8 Å². The zero-order valence-corrected chi connectivity index (χ0v) is 17.1. The minimum absolute atomic E-state index is 0.160. The first-order valence-electron chi connectivity index (χ1n) is 9.34. The molecule has 0 aliphatic carbocycles. The Morgan fingerprint density at radius 1 is 1.10 bits per heavy atom. The molecule has 2 N–H and O–H groups in total. The van der Waals surface area contributed by atoms with Gasteiger partial charge in [0.1, 0.15) is 18.5 Å². The summed E-state index contributed by atoms with van der Waals surface area (Å²) < 4.78 is 10.7. The molecule has 1 aliphatic rings. The van der Waals surface area contributed by atoms with Crippen LogP contribution >= 0.6 is 23.2 Å². The summed E-state index contributed by atoms with van der Waals surface area (Å²) >= 11 is 12.1. The molecule has 0 unspecified atom stereocenters. The summed E-state index contributed by atoms with van der Waals surface area (Å²) in [5.74, 6) is 0.0425. The van der Waals surface area contributed by atoms with Gasteiger partial charge in [0.25, 0.3) is 0 Å². The Hall–Kier alpha value is -2.19. The van der Waals surface area contributed by atoms with Crippen LogP contribution in [0.25, 0.3) is 11.1 Å². The zero-order valence-electron chi connectivity index (χ0n) is 15.6. The van der Waals surface area contributed by atoms with E-state index in [4.69, 9.17) is 32.4 Å². The quantitative estimate of drug-likeness (QED) is 0.616. The van der Waals surface area contributed by atoms with Gasteiger partial charge in [-0.1, -0.05) is 23.2 Å². The number of hydrogen-bond acceptors (Lipinski definition) is 6. The summed E-state index contributed by atoms with van der Waals surface area (Å²) in [6.45, 7) is 4.03. The third-order valence-electron chi connectivity index (χ3n) is 4.94. The molecule has 1 atom stereocenters. The molecule has 7 nitrogen and oxygen atoms in total. The van der Waals surface area contributed by atoms with E-state index in [1.165, 1.54) is 0 Å². The van der Waals surface area contributed by atoms with Crippen LogP contribution in [0.3, 0.4) is 0 Å². The number of aliphatic hydroxyl groups is 1. The number of anilines is 1. The van der Waals surface area contributed by atoms with Gasteiger partial charge in [-0.2, -0.15) is 0 Å². The number of aromatic amines is 1. The SMILES string of the molecule is O=c1[nH]c2ccc(OC[C@@H](O)CN3CCN(c4ccc(Cl)c(Cl)c4)CC3)cc2o1. The van der Waals surface area contributed by atoms with Gasteiger partial charge in [-0.15, -0.1) is 0 Å². The van der Waals surface area contributed by atoms with E-state index in [0.29, 0.717) is 33.4 Å². The molecule has 0 amide bonds. The molecule has 1 aliphatic heterocycles. The molecular formula is C20H21Cl2N3O4. The molecule has 0 radical (unpaired) electrons. The molecule has 2 aromatic carbocycles. The normalized spacial score (nSPS) is 16.3. The maximum absolute atomic E-state index is 11.2. The summed E-state index contributed by atoms with van der Waals surface area (Å²) in [5, 5.41) is 11.4. The fraction of sp³-hybridized carbons (Fsp3) is 0.350. The first kappa shape index (κ1) is 20.1. The van der Waals surface area contributed by atoms with Crippen LogP contribution in [0.2, 0.25) is 10.0 Å². The number of β-amino-alcohol motifs (C(OH)–C–C–N with tert-alkyl or cyclic N) is 1. The van der Waals surface area contributed by atoms with Crippen molar-refractivity contribution in [1.29, 1.82) is 0 Å². The van der Waals surface area contributed by atoms with Crippen molar-refractivity contribution in [3.63, 3.8) is 0 Å². The first-order chi connectivity index (χ1) is 14.0. The van der Waals surface area contributed by atoms with Crippen LogP contribution in [-0.4, -0.2) is 60.4 Å². The summed E-state index contributed by atoms with van der Waals surface area (Å²) in [4.78, 5) is 18.2. The van der Waals surface area contributed by atoms with E-state index < -0.39 is 11.9 Å². The molecule has 154 valence electrons. The number of benzene rings is 2. The maximum atomic E-state index is 11.2. The molecule has 0 bridgehead atoms. The number of H-pyrrole nitrogens is 1. The highest BCUT2D eigenvalue weighted by Crippen LogP contribution is 2.27. The van der Waals surface area contributed by atoms with Crippen LogP contribution in [0, 0.1) is 0 Å². The number of halogens is 2. The molecule has 0 saturated carbocycles. The van der Waals surface area contributed by atoms with Gasteiger partial charge in [-0.25, -0.2) is 4.79 Å². The van der Waals surface area contributed by atoms with E-state index in [0.717, 1.165) is 31.9 Å². The Morgan fingerprint density at radius 2 is 1.90 bits per heavy atom. The average Bonchev–Trinajstić information content (AvgIpc) is 3.08. The van der Waals surface area contributed by atoms with Crippen molar-refractivity contribution in [2.45, 2.75) is 6.10 Å². The number of oxazole rings is 1. The average molecular weight is 438 g/mol. The Bertz CT molecular complexity index is 1040. The number of aromatic nitrogens is 1. The van der Waals surface area contributed by atoms with Crippen LogP contribution in [-0.2, 0) is 0 Å². The van der Waals surface area contributed by atoms with Gasteiger partial charge in [0.2, 0.25) is 0 Å². The standard InChI is InChI=1S/C20H21Cl2N3O4/c21-16-3-1-13(9-17(16)22)25-7-5-24(6-8-25)11-14(26)12-28-15-2-4-18-19(10-15)29-20(27)23-18/h1-4,9-10,14,26H,5-8,11-12H2,(H,23,27)/t14-/m0/s1. The van der Waals surface area contributed by atoms with Crippen molar-refractivity contribution in [2.24, 2.45) is 0 Å². The topological polar surface area (TPSA) is 81.9 Å². The van der Waals surface area contributed by atoms with Crippen molar-refractivity contribution in [1.82, 2.24) is 9.88 Å². The number of aliphatic hydroxyl groups excluding tert-OH is 1. The molecule has 4 rings (SSSR count). The fourth-order valence-electron chi connectivity index (χ4n) is 3.43. The lowest BCUT2D eigenvalue weighted by atomic mass is 10.2.